The maximum atomic E-state index is 12.2. The Bertz CT molecular complexity index is 920. The highest BCUT2D eigenvalue weighted by Gasteiger charge is 2.16. The summed E-state index contributed by atoms with van der Waals surface area (Å²) < 4.78 is 28.8. The molecule has 0 unspecified atom stereocenters. The summed E-state index contributed by atoms with van der Waals surface area (Å²) >= 11 is 5.66. The molecule has 1 N–H and O–H groups in total. The molecule has 0 aliphatic carbocycles. The van der Waals surface area contributed by atoms with Crippen LogP contribution < -0.4 is 4.72 Å². The number of sulfonamides is 1. The first-order valence-corrected chi connectivity index (χ1v) is 8.35. The summed E-state index contributed by atoms with van der Waals surface area (Å²) in [6.45, 7) is 0.0934. The molecule has 2 heterocycles. The Morgan fingerprint density at radius 2 is 2.00 bits per heavy atom. The van der Waals surface area contributed by atoms with Gasteiger partial charge in [-0.1, -0.05) is 23.7 Å². The van der Waals surface area contributed by atoms with Crippen molar-refractivity contribution >= 4 is 32.7 Å². The fourth-order valence-corrected chi connectivity index (χ4v) is 3.15. The second-order valence-corrected chi connectivity index (χ2v) is 6.87. The number of pyridine rings is 1. The minimum Gasteiger partial charge on any atom is -0.330 e. The van der Waals surface area contributed by atoms with Gasteiger partial charge in [-0.05, 0) is 24.3 Å². The first-order valence-electron chi connectivity index (χ1n) is 6.49. The number of aromatic nitrogens is 3. The van der Waals surface area contributed by atoms with Gasteiger partial charge in [0.1, 0.15) is 15.9 Å². The molecule has 0 radical (unpaired) electrons. The van der Waals surface area contributed by atoms with E-state index in [-0.39, 0.29) is 16.6 Å². The quantitative estimate of drug-likeness (QED) is 0.740. The van der Waals surface area contributed by atoms with Gasteiger partial charge >= 0.3 is 0 Å². The molecule has 8 heteroatoms. The maximum Gasteiger partial charge on any atom is 0.242 e. The Kier molecular flexibility index (Phi) is 3.86. The van der Waals surface area contributed by atoms with Crippen LogP contribution in [0.2, 0.25) is 5.15 Å². The molecule has 0 amide bonds. The van der Waals surface area contributed by atoms with Crippen LogP contribution in [0.25, 0.3) is 11.0 Å². The average Bonchev–Trinajstić information content (AvgIpc) is 2.83. The van der Waals surface area contributed by atoms with Crippen LogP contribution in [0.3, 0.4) is 0 Å². The maximum absolute atomic E-state index is 12.2. The van der Waals surface area contributed by atoms with Gasteiger partial charge in [0.25, 0.3) is 0 Å². The monoisotopic (exact) mass is 336 g/mol. The van der Waals surface area contributed by atoms with Gasteiger partial charge in [0.05, 0.1) is 17.6 Å². The van der Waals surface area contributed by atoms with Crippen molar-refractivity contribution in [3.05, 3.63) is 53.6 Å². The number of rotatable bonds is 4. The summed E-state index contributed by atoms with van der Waals surface area (Å²) in [5.41, 5.74) is 1.78. The molecule has 0 saturated carbocycles. The second kappa shape index (κ2) is 5.68. The van der Waals surface area contributed by atoms with Crippen LogP contribution in [0.5, 0.6) is 0 Å². The van der Waals surface area contributed by atoms with Gasteiger partial charge in [0.15, 0.2) is 0 Å². The third-order valence-electron chi connectivity index (χ3n) is 3.31. The average molecular weight is 337 g/mol. The summed E-state index contributed by atoms with van der Waals surface area (Å²) in [6, 6.07) is 10.5. The number of fused-ring (bicyclic) bond motifs is 1. The number of hydrogen-bond donors (Lipinski definition) is 1. The van der Waals surface area contributed by atoms with E-state index in [1.54, 1.807) is 0 Å². The zero-order valence-electron chi connectivity index (χ0n) is 11.7. The molecule has 0 spiro atoms. The third kappa shape index (κ3) is 2.83. The first-order chi connectivity index (χ1) is 10.5. The van der Waals surface area contributed by atoms with Crippen LogP contribution in [-0.4, -0.2) is 23.0 Å². The zero-order valence-corrected chi connectivity index (χ0v) is 13.3. The molecule has 0 fully saturated rings. The van der Waals surface area contributed by atoms with E-state index in [2.05, 4.69) is 14.7 Å². The van der Waals surface area contributed by atoms with Crippen LogP contribution in [0, 0.1) is 0 Å². The number of imidazole rings is 1. The van der Waals surface area contributed by atoms with Gasteiger partial charge in [-0.15, -0.1) is 0 Å². The summed E-state index contributed by atoms with van der Waals surface area (Å²) in [4.78, 5) is 8.27. The van der Waals surface area contributed by atoms with Crippen molar-refractivity contribution in [2.75, 3.05) is 0 Å². The van der Waals surface area contributed by atoms with E-state index in [9.17, 15) is 8.42 Å². The van der Waals surface area contributed by atoms with Crippen molar-refractivity contribution in [2.45, 2.75) is 11.4 Å². The minimum atomic E-state index is -3.65. The molecule has 3 rings (SSSR count). The Balaban J connectivity index is 1.84. The second-order valence-electron chi connectivity index (χ2n) is 4.72. The Morgan fingerprint density at radius 1 is 1.23 bits per heavy atom. The van der Waals surface area contributed by atoms with Crippen LogP contribution >= 0.6 is 11.6 Å². The molecule has 6 nitrogen and oxygen atoms in total. The zero-order chi connectivity index (χ0) is 15.7. The molecule has 0 atom stereocenters. The summed E-state index contributed by atoms with van der Waals surface area (Å²) in [7, 11) is -1.80. The highest BCUT2D eigenvalue weighted by Crippen LogP contribution is 2.15. The Labute approximate surface area is 132 Å². The number of halogens is 1. The number of benzene rings is 1. The van der Waals surface area contributed by atoms with Gasteiger partial charge in [0, 0.05) is 13.2 Å². The number of hydrogen-bond acceptors (Lipinski definition) is 4. The van der Waals surface area contributed by atoms with Crippen molar-refractivity contribution in [1.82, 2.24) is 19.3 Å². The highest BCUT2D eigenvalue weighted by atomic mass is 35.5. The van der Waals surface area contributed by atoms with Crippen molar-refractivity contribution in [3.8, 4) is 0 Å². The molecule has 22 heavy (non-hydrogen) atoms. The predicted molar refractivity (Wildman–Crippen MR) is 84.0 cm³/mol. The van der Waals surface area contributed by atoms with Crippen LogP contribution in [-0.2, 0) is 23.6 Å². The van der Waals surface area contributed by atoms with E-state index in [1.807, 2.05) is 35.9 Å². The van der Waals surface area contributed by atoms with Crippen molar-refractivity contribution in [3.63, 3.8) is 0 Å². The van der Waals surface area contributed by atoms with E-state index in [0.717, 1.165) is 11.0 Å². The standard InChI is InChI=1S/C14H13ClN4O2S/c1-19-12-5-3-2-4-11(12)18-14(19)9-17-22(20,21)10-6-7-13(15)16-8-10/h2-8,17H,9H2,1H3. The number of nitrogens with one attached hydrogen (secondary N) is 1. The molecule has 0 bridgehead atoms. The Hall–Kier alpha value is -1.96. The smallest absolute Gasteiger partial charge is 0.242 e. The van der Waals surface area contributed by atoms with Gasteiger partial charge in [0.2, 0.25) is 10.0 Å². The molecule has 0 aliphatic rings. The van der Waals surface area contributed by atoms with E-state index in [0.29, 0.717) is 5.82 Å². The van der Waals surface area contributed by atoms with Crippen LogP contribution in [0.1, 0.15) is 5.82 Å². The lowest BCUT2D eigenvalue weighted by molar-refractivity contribution is 0.577. The summed E-state index contributed by atoms with van der Waals surface area (Å²) in [5.74, 6) is 0.631. The molecule has 114 valence electrons. The number of para-hydroxylation sites is 2. The molecule has 2 aromatic heterocycles. The summed E-state index contributed by atoms with van der Waals surface area (Å²) in [6.07, 6.45) is 1.22. The van der Waals surface area contributed by atoms with Crippen LogP contribution in [0.15, 0.2) is 47.5 Å². The highest BCUT2D eigenvalue weighted by molar-refractivity contribution is 7.89. The van der Waals surface area contributed by atoms with Crippen molar-refractivity contribution in [2.24, 2.45) is 7.05 Å². The van der Waals surface area contributed by atoms with Gasteiger partial charge in [-0.25, -0.2) is 23.1 Å². The van der Waals surface area contributed by atoms with Crippen LogP contribution in [0.4, 0.5) is 0 Å². The topological polar surface area (TPSA) is 76.9 Å². The first kappa shape index (κ1) is 15.0. The van der Waals surface area contributed by atoms with Gasteiger partial charge in [-0.3, -0.25) is 0 Å². The normalized spacial score (nSPS) is 11.9. The number of aryl methyl sites for hydroxylation is 1. The lowest BCUT2D eigenvalue weighted by Crippen LogP contribution is -2.24. The molecule has 3 aromatic rings. The third-order valence-corrected chi connectivity index (χ3v) is 4.92. The SMILES string of the molecule is Cn1c(CNS(=O)(=O)c2ccc(Cl)nc2)nc2ccccc21. The van der Waals surface area contributed by atoms with Crippen molar-refractivity contribution in [1.29, 1.82) is 0 Å². The fraction of sp³-hybridized carbons (Fsp3) is 0.143. The molecular formula is C14H13ClN4O2S. The molecule has 1 aromatic carbocycles. The van der Waals surface area contributed by atoms with Gasteiger partial charge in [-0.2, -0.15) is 0 Å². The van der Waals surface area contributed by atoms with Gasteiger partial charge < -0.3 is 4.57 Å². The van der Waals surface area contributed by atoms with E-state index < -0.39 is 10.0 Å². The van der Waals surface area contributed by atoms with Crippen molar-refractivity contribution < 1.29 is 8.42 Å². The fourth-order valence-electron chi connectivity index (χ4n) is 2.12. The lowest BCUT2D eigenvalue weighted by Gasteiger charge is -2.06. The van der Waals surface area contributed by atoms with E-state index >= 15 is 0 Å². The lowest BCUT2D eigenvalue weighted by atomic mass is 10.3. The largest absolute Gasteiger partial charge is 0.330 e. The molecule has 0 saturated heterocycles. The summed E-state index contributed by atoms with van der Waals surface area (Å²) in [5, 5.41) is 0.245. The molecular weight excluding hydrogens is 324 g/mol. The Morgan fingerprint density at radius 3 is 2.68 bits per heavy atom. The number of nitrogens with zero attached hydrogens (tertiary/aromatic N) is 3. The van der Waals surface area contributed by atoms with E-state index in [1.165, 1.54) is 18.3 Å². The minimum absolute atomic E-state index is 0.0654. The molecule has 0 aliphatic heterocycles. The van der Waals surface area contributed by atoms with E-state index in [4.69, 9.17) is 11.6 Å². The predicted octanol–water partition coefficient (Wildman–Crippen LogP) is 2.10.